The Morgan fingerprint density at radius 3 is 2.57 bits per heavy atom. The highest BCUT2D eigenvalue weighted by Crippen LogP contribution is 2.11. The number of ether oxygens (including phenoxy) is 1. The molecule has 23 heavy (non-hydrogen) atoms. The zero-order chi connectivity index (χ0) is 16.8. The Labute approximate surface area is 134 Å². The summed E-state index contributed by atoms with van der Waals surface area (Å²) in [5, 5.41) is 6.32. The smallest absolute Gasteiger partial charge is 0.355 e. The summed E-state index contributed by atoms with van der Waals surface area (Å²) in [7, 11) is 0. The molecule has 2 N–H and O–H groups in total. The maximum Gasteiger partial charge on any atom is 0.355 e. The minimum absolute atomic E-state index is 0.108. The number of carbonyl (C=O) groups excluding carboxylic acids is 3. The van der Waals surface area contributed by atoms with E-state index in [4.69, 9.17) is 4.74 Å². The lowest BCUT2D eigenvalue weighted by atomic mass is 10.1. The maximum absolute atomic E-state index is 12.0. The van der Waals surface area contributed by atoms with Crippen LogP contribution in [-0.4, -0.2) is 29.6 Å². The van der Waals surface area contributed by atoms with Crippen LogP contribution in [-0.2, 0) is 25.5 Å². The van der Waals surface area contributed by atoms with Gasteiger partial charge in [-0.1, -0.05) is 19.1 Å². The predicted octanol–water partition coefficient (Wildman–Crippen LogP) is 1.39. The van der Waals surface area contributed by atoms with Crippen molar-refractivity contribution in [3.8, 4) is 0 Å². The highest BCUT2D eigenvalue weighted by atomic mass is 16.5. The van der Waals surface area contributed by atoms with Gasteiger partial charge in [-0.3, -0.25) is 9.59 Å². The van der Waals surface area contributed by atoms with Gasteiger partial charge in [0, 0.05) is 18.5 Å². The molecule has 0 saturated heterocycles. The third-order valence-electron chi connectivity index (χ3n) is 3.42. The first-order chi connectivity index (χ1) is 11.0. The van der Waals surface area contributed by atoms with Crippen molar-refractivity contribution in [1.29, 1.82) is 0 Å². The second-order valence-corrected chi connectivity index (χ2v) is 5.18. The minimum Gasteiger partial charge on any atom is -0.448 e. The van der Waals surface area contributed by atoms with Crippen molar-refractivity contribution >= 4 is 29.2 Å². The average molecular weight is 317 g/mol. The van der Waals surface area contributed by atoms with Gasteiger partial charge >= 0.3 is 5.97 Å². The lowest BCUT2D eigenvalue weighted by Crippen LogP contribution is -2.35. The molecule has 2 amide bonds. The molecule has 2 rings (SSSR count). The molecule has 0 bridgehead atoms. The van der Waals surface area contributed by atoms with Crippen molar-refractivity contribution in [2.45, 2.75) is 39.2 Å². The first-order valence-electron chi connectivity index (χ1n) is 7.45. The molecular weight excluding hydrogens is 298 g/mol. The molecule has 1 atom stereocenters. The van der Waals surface area contributed by atoms with Gasteiger partial charge in [-0.05, 0) is 31.0 Å². The van der Waals surface area contributed by atoms with Crippen LogP contribution in [0.2, 0.25) is 0 Å². The molecule has 7 heteroatoms. The van der Waals surface area contributed by atoms with E-state index in [0.29, 0.717) is 5.69 Å². The second-order valence-electron chi connectivity index (χ2n) is 5.18. The van der Waals surface area contributed by atoms with Crippen molar-refractivity contribution in [3.63, 3.8) is 0 Å². The summed E-state index contributed by atoms with van der Waals surface area (Å²) in [6, 6.07) is 7.44. The van der Waals surface area contributed by atoms with Gasteiger partial charge in [-0.25, -0.2) is 10.2 Å². The van der Waals surface area contributed by atoms with Crippen LogP contribution in [0.25, 0.3) is 0 Å². The van der Waals surface area contributed by atoms with Gasteiger partial charge in [0.2, 0.25) is 5.91 Å². The monoisotopic (exact) mass is 317 g/mol. The van der Waals surface area contributed by atoms with Crippen LogP contribution in [0.4, 0.5) is 5.69 Å². The lowest BCUT2D eigenvalue weighted by Gasteiger charge is -2.16. The van der Waals surface area contributed by atoms with E-state index in [1.807, 2.05) is 19.1 Å². The second kappa shape index (κ2) is 7.53. The van der Waals surface area contributed by atoms with Gasteiger partial charge < -0.3 is 10.1 Å². The number of esters is 1. The Bertz CT molecular complexity index is 637. The summed E-state index contributed by atoms with van der Waals surface area (Å²) in [5.74, 6) is -1.38. The molecule has 0 fully saturated rings. The lowest BCUT2D eigenvalue weighted by molar-refractivity contribution is -0.146. The van der Waals surface area contributed by atoms with Gasteiger partial charge in [-0.2, -0.15) is 5.10 Å². The number of anilines is 1. The van der Waals surface area contributed by atoms with Gasteiger partial charge in [0.15, 0.2) is 6.10 Å². The average Bonchev–Trinajstić information content (AvgIpc) is 2.56. The zero-order valence-corrected chi connectivity index (χ0v) is 13.1. The van der Waals surface area contributed by atoms with E-state index in [9.17, 15) is 14.4 Å². The third kappa shape index (κ3) is 4.64. The highest BCUT2D eigenvalue weighted by molar-refractivity contribution is 6.37. The van der Waals surface area contributed by atoms with Gasteiger partial charge in [0.25, 0.3) is 5.91 Å². The molecule has 0 aliphatic carbocycles. The molecule has 1 aromatic carbocycles. The molecule has 1 aliphatic heterocycles. The fourth-order valence-corrected chi connectivity index (χ4v) is 1.97. The molecule has 1 heterocycles. The normalized spacial score (nSPS) is 15.2. The van der Waals surface area contributed by atoms with E-state index in [1.165, 1.54) is 12.5 Å². The zero-order valence-electron chi connectivity index (χ0n) is 13.1. The summed E-state index contributed by atoms with van der Waals surface area (Å²) in [4.78, 5) is 34.9. The first-order valence-corrected chi connectivity index (χ1v) is 7.45. The number of amides is 2. The van der Waals surface area contributed by atoms with Crippen molar-refractivity contribution in [2.24, 2.45) is 5.10 Å². The summed E-state index contributed by atoms with van der Waals surface area (Å²) < 4.78 is 5.07. The number of carbonyl (C=O) groups is 3. The number of aryl methyl sites for hydroxylation is 1. The Kier molecular flexibility index (Phi) is 5.46. The number of nitrogens with one attached hydrogen (secondary N) is 2. The van der Waals surface area contributed by atoms with Gasteiger partial charge in [0.05, 0.1) is 0 Å². The SMILES string of the molecule is CCc1ccc(NC(=O)[C@H](C)OC(=O)C2=NNC(=O)CC2)cc1. The van der Waals surface area contributed by atoms with E-state index in [1.54, 1.807) is 12.1 Å². The molecule has 0 aromatic heterocycles. The fraction of sp³-hybridized carbons (Fsp3) is 0.375. The predicted molar refractivity (Wildman–Crippen MR) is 84.8 cm³/mol. The first kappa shape index (κ1) is 16.7. The summed E-state index contributed by atoms with van der Waals surface area (Å²) >= 11 is 0. The van der Waals surface area contributed by atoms with Crippen LogP contribution in [0.5, 0.6) is 0 Å². The Balaban J connectivity index is 1.89. The van der Waals surface area contributed by atoms with E-state index < -0.39 is 18.0 Å². The molecule has 1 aromatic rings. The fourth-order valence-electron chi connectivity index (χ4n) is 1.97. The largest absolute Gasteiger partial charge is 0.448 e. The molecule has 0 unspecified atom stereocenters. The van der Waals surface area contributed by atoms with E-state index in [2.05, 4.69) is 15.8 Å². The van der Waals surface area contributed by atoms with Crippen LogP contribution >= 0.6 is 0 Å². The third-order valence-corrected chi connectivity index (χ3v) is 3.42. The van der Waals surface area contributed by atoms with Crippen molar-refractivity contribution in [1.82, 2.24) is 5.43 Å². The highest BCUT2D eigenvalue weighted by Gasteiger charge is 2.24. The Morgan fingerprint density at radius 1 is 1.30 bits per heavy atom. The van der Waals surface area contributed by atoms with E-state index in [-0.39, 0.29) is 24.5 Å². The minimum atomic E-state index is -0.964. The Hall–Kier alpha value is -2.70. The number of hydrazone groups is 1. The molecule has 122 valence electrons. The molecule has 0 spiro atoms. The van der Waals surface area contributed by atoms with Gasteiger partial charge in [-0.15, -0.1) is 0 Å². The van der Waals surface area contributed by atoms with Crippen molar-refractivity contribution < 1.29 is 19.1 Å². The maximum atomic E-state index is 12.0. The quantitative estimate of drug-likeness (QED) is 0.802. The molecular formula is C16H19N3O4. The Morgan fingerprint density at radius 2 is 2.00 bits per heavy atom. The number of hydrogen-bond donors (Lipinski definition) is 2. The van der Waals surface area contributed by atoms with Crippen LogP contribution < -0.4 is 10.7 Å². The number of benzene rings is 1. The molecule has 0 saturated carbocycles. The van der Waals surface area contributed by atoms with Crippen LogP contribution in [0.15, 0.2) is 29.4 Å². The summed E-state index contributed by atoms with van der Waals surface area (Å²) in [6.45, 7) is 3.53. The van der Waals surface area contributed by atoms with Crippen LogP contribution in [0.1, 0.15) is 32.3 Å². The van der Waals surface area contributed by atoms with Crippen LogP contribution in [0, 0.1) is 0 Å². The van der Waals surface area contributed by atoms with Crippen molar-refractivity contribution in [2.75, 3.05) is 5.32 Å². The number of hydrogen-bond acceptors (Lipinski definition) is 5. The summed E-state index contributed by atoms with van der Waals surface area (Å²) in [6.07, 6.45) is 0.338. The van der Waals surface area contributed by atoms with E-state index in [0.717, 1.165) is 6.42 Å². The van der Waals surface area contributed by atoms with E-state index >= 15 is 0 Å². The summed E-state index contributed by atoms with van der Waals surface area (Å²) in [5.41, 5.74) is 4.12. The molecule has 7 nitrogen and oxygen atoms in total. The number of rotatable bonds is 5. The standard InChI is InChI=1S/C16H19N3O4/c1-3-11-4-6-12(7-5-11)17-15(21)10(2)23-16(22)13-8-9-14(20)19-18-13/h4-7,10H,3,8-9H2,1-2H3,(H,17,21)(H,19,20)/t10-/m0/s1. The van der Waals surface area contributed by atoms with Crippen molar-refractivity contribution in [3.05, 3.63) is 29.8 Å². The number of nitrogens with zero attached hydrogens (tertiary/aromatic N) is 1. The van der Waals surface area contributed by atoms with Gasteiger partial charge in [0.1, 0.15) is 5.71 Å². The van der Waals surface area contributed by atoms with Crippen LogP contribution in [0.3, 0.4) is 0 Å². The molecule has 0 radical (unpaired) electrons. The topological polar surface area (TPSA) is 96.9 Å². The molecule has 1 aliphatic rings.